The van der Waals surface area contributed by atoms with Gasteiger partial charge in [-0.3, -0.25) is 9.13 Å². The summed E-state index contributed by atoms with van der Waals surface area (Å²) in [5.74, 6) is -0.758. The molecule has 0 spiro atoms. The highest BCUT2D eigenvalue weighted by molar-refractivity contribution is 8.17. The minimum atomic E-state index is -4.72. The van der Waals surface area contributed by atoms with Crippen LogP contribution < -0.4 is 0 Å². The average molecular weight is 216 g/mol. The van der Waals surface area contributed by atoms with Gasteiger partial charge in [0, 0.05) is 0 Å². The van der Waals surface area contributed by atoms with E-state index >= 15 is 0 Å². The van der Waals surface area contributed by atoms with Crippen molar-refractivity contribution in [1.29, 1.82) is 0 Å². The van der Waals surface area contributed by atoms with E-state index in [9.17, 15) is 9.13 Å². The lowest BCUT2D eigenvalue weighted by Gasteiger charge is -2.18. The maximum Gasteiger partial charge on any atom is 0.428 e. The molecule has 0 aliphatic rings. The van der Waals surface area contributed by atoms with Gasteiger partial charge < -0.3 is 19.6 Å². The second-order valence-corrected chi connectivity index (χ2v) is 6.71. The van der Waals surface area contributed by atoms with Crippen molar-refractivity contribution >= 4 is 21.1 Å². The number of hydrogen-bond acceptors (Lipinski definition) is 2. The zero-order chi connectivity index (χ0) is 10.2. The maximum atomic E-state index is 10.6. The topological polar surface area (TPSA) is 115 Å². The summed E-state index contributed by atoms with van der Waals surface area (Å²) in [6, 6.07) is 0. The van der Waals surface area contributed by atoms with Gasteiger partial charge in [0.15, 0.2) is 0 Å². The van der Waals surface area contributed by atoms with Crippen molar-refractivity contribution in [2.45, 2.75) is 19.7 Å². The molecule has 9 heteroatoms. The second-order valence-electron chi connectivity index (χ2n) is 2.84. The van der Waals surface area contributed by atoms with Crippen molar-refractivity contribution in [2.24, 2.45) is 0 Å². The fourth-order valence-corrected chi connectivity index (χ4v) is 4.09. The minimum Gasteiger partial charge on any atom is -0.331 e. The lowest BCUT2D eigenvalue weighted by atomic mass is 9.88. The zero-order valence-corrected chi connectivity index (χ0v) is 8.44. The Labute approximate surface area is 70.3 Å². The molecule has 0 fully saturated rings. The van der Waals surface area contributed by atoms with E-state index in [0.29, 0.717) is 0 Å². The SMILES string of the molecule is CC(C)B(P(=O)(O)O)P(=O)(O)O. The smallest absolute Gasteiger partial charge is 0.331 e. The van der Waals surface area contributed by atoms with Crippen molar-refractivity contribution in [2.75, 3.05) is 0 Å². The van der Waals surface area contributed by atoms with E-state index in [2.05, 4.69) is 0 Å². The molecule has 0 aliphatic carbocycles. The van der Waals surface area contributed by atoms with Crippen molar-refractivity contribution in [3.63, 3.8) is 0 Å². The molecule has 0 aromatic carbocycles. The molecular formula is C3H11BO6P2. The van der Waals surface area contributed by atoms with Gasteiger partial charge in [-0.2, -0.15) is 0 Å². The van der Waals surface area contributed by atoms with Crippen LogP contribution in [0.1, 0.15) is 13.8 Å². The second kappa shape index (κ2) is 3.62. The van der Waals surface area contributed by atoms with Gasteiger partial charge in [0.25, 0.3) is 14.9 Å². The van der Waals surface area contributed by atoms with Gasteiger partial charge in [0.1, 0.15) is 0 Å². The molecule has 0 aromatic heterocycles. The van der Waals surface area contributed by atoms with Gasteiger partial charge in [-0.1, -0.05) is 13.8 Å². The number of hydrogen-bond donors (Lipinski definition) is 4. The zero-order valence-electron chi connectivity index (χ0n) is 6.65. The summed E-state index contributed by atoms with van der Waals surface area (Å²) in [5, 5.41) is 0. The van der Waals surface area contributed by atoms with Crippen molar-refractivity contribution in [1.82, 2.24) is 0 Å². The van der Waals surface area contributed by atoms with E-state index in [-0.39, 0.29) is 0 Å². The van der Waals surface area contributed by atoms with Crippen LogP contribution in [-0.4, -0.2) is 25.7 Å². The van der Waals surface area contributed by atoms with Crippen LogP contribution in [0, 0.1) is 0 Å². The summed E-state index contributed by atoms with van der Waals surface area (Å²) >= 11 is 0. The fraction of sp³-hybridized carbons (Fsp3) is 1.00. The Hall–Kier alpha value is 0.365. The quantitative estimate of drug-likeness (QED) is 0.396. The van der Waals surface area contributed by atoms with E-state index in [0.717, 1.165) is 0 Å². The highest BCUT2D eigenvalue weighted by atomic mass is 31.2. The molecule has 0 radical (unpaired) electrons. The summed E-state index contributed by atoms with van der Waals surface area (Å²) in [6.07, 6.45) is -1.88. The van der Waals surface area contributed by atoms with Crippen LogP contribution in [0.4, 0.5) is 0 Å². The third-order valence-corrected chi connectivity index (χ3v) is 5.66. The molecule has 0 aromatic rings. The first kappa shape index (κ1) is 12.4. The van der Waals surface area contributed by atoms with E-state index in [1.807, 2.05) is 0 Å². The Kier molecular flexibility index (Phi) is 3.73. The van der Waals surface area contributed by atoms with Crippen LogP contribution in [0.2, 0.25) is 5.82 Å². The van der Waals surface area contributed by atoms with E-state index in [4.69, 9.17) is 19.6 Å². The van der Waals surface area contributed by atoms with Crippen molar-refractivity contribution < 1.29 is 28.7 Å². The van der Waals surface area contributed by atoms with Crippen LogP contribution in [0.5, 0.6) is 0 Å². The molecule has 0 saturated heterocycles. The highest BCUT2D eigenvalue weighted by Gasteiger charge is 2.51. The predicted octanol–water partition coefficient (Wildman–Crippen LogP) is 0.240. The summed E-state index contributed by atoms with van der Waals surface area (Å²) in [6.45, 7) is 2.70. The molecule has 12 heavy (non-hydrogen) atoms. The van der Waals surface area contributed by atoms with Crippen LogP contribution in [0.3, 0.4) is 0 Å². The molecular weight excluding hydrogens is 205 g/mol. The summed E-state index contributed by atoms with van der Waals surface area (Å²) < 4.78 is 21.2. The first-order valence-electron chi connectivity index (χ1n) is 3.17. The predicted molar refractivity (Wildman–Crippen MR) is 44.9 cm³/mol. The maximum absolute atomic E-state index is 10.6. The Morgan fingerprint density at radius 2 is 1.25 bits per heavy atom. The molecule has 6 nitrogen and oxygen atoms in total. The van der Waals surface area contributed by atoms with E-state index in [1.165, 1.54) is 13.8 Å². The standard InChI is InChI=1S/C3H11BO6P2/c1-3(2)4(11(5,6)7)12(8,9)10/h3H,1-2H3,(H2,5,6,7)(H2,8,9,10). The van der Waals surface area contributed by atoms with Gasteiger partial charge >= 0.3 is 6.15 Å². The molecule has 0 bridgehead atoms. The highest BCUT2D eigenvalue weighted by Crippen LogP contribution is 2.60. The Balaban J connectivity index is 4.97. The molecule has 0 saturated carbocycles. The summed E-state index contributed by atoms with van der Waals surface area (Å²) in [4.78, 5) is 34.4. The largest absolute Gasteiger partial charge is 0.428 e. The normalized spacial score (nSPS) is 13.6. The van der Waals surface area contributed by atoms with E-state index in [1.54, 1.807) is 0 Å². The van der Waals surface area contributed by atoms with Crippen LogP contribution >= 0.6 is 14.9 Å². The van der Waals surface area contributed by atoms with Gasteiger partial charge in [0.05, 0.1) is 0 Å². The van der Waals surface area contributed by atoms with Crippen LogP contribution in [0.15, 0.2) is 0 Å². The fourth-order valence-electron chi connectivity index (χ4n) is 0.973. The molecule has 0 amide bonds. The summed E-state index contributed by atoms with van der Waals surface area (Å²) in [5.41, 5.74) is 0. The Morgan fingerprint density at radius 1 is 1.00 bits per heavy atom. The van der Waals surface area contributed by atoms with E-state index < -0.39 is 26.9 Å². The Bertz CT molecular complexity index is 217. The first-order chi connectivity index (χ1) is 5.07. The van der Waals surface area contributed by atoms with Crippen molar-refractivity contribution in [3.8, 4) is 0 Å². The summed E-state index contributed by atoms with van der Waals surface area (Å²) in [7, 11) is -9.43. The molecule has 4 N–H and O–H groups in total. The molecule has 0 atom stereocenters. The van der Waals surface area contributed by atoms with Gasteiger partial charge in [-0.15, -0.1) is 0 Å². The molecule has 0 aliphatic heterocycles. The number of rotatable bonds is 3. The molecule has 0 rings (SSSR count). The third kappa shape index (κ3) is 3.39. The molecule has 0 heterocycles. The molecule has 0 unspecified atom stereocenters. The van der Waals surface area contributed by atoms with Gasteiger partial charge in [-0.25, -0.2) is 0 Å². The van der Waals surface area contributed by atoms with Gasteiger partial charge in [0.2, 0.25) is 0 Å². The lowest BCUT2D eigenvalue weighted by molar-refractivity contribution is 0.383. The average Bonchev–Trinajstić information content (AvgIpc) is 1.49. The third-order valence-electron chi connectivity index (χ3n) is 1.29. The van der Waals surface area contributed by atoms with Crippen molar-refractivity contribution in [3.05, 3.63) is 0 Å². The van der Waals surface area contributed by atoms with Crippen LogP contribution in [-0.2, 0) is 9.13 Å². The minimum absolute atomic E-state index is 0.758. The van der Waals surface area contributed by atoms with Crippen LogP contribution in [0.25, 0.3) is 0 Å². The monoisotopic (exact) mass is 216 g/mol. The Morgan fingerprint density at radius 3 is 1.25 bits per heavy atom. The van der Waals surface area contributed by atoms with Gasteiger partial charge in [-0.05, 0) is 5.82 Å². The first-order valence-corrected chi connectivity index (χ1v) is 6.53. The molecule has 72 valence electrons. The lowest BCUT2D eigenvalue weighted by Crippen LogP contribution is -2.18.